The molecule has 7 heteroatoms. The highest BCUT2D eigenvalue weighted by atomic mass is 19.1. The van der Waals surface area contributed by atoms with Crippen LogP contribution >= 0.6 is 0 Å². The molecule has 4 aromatic rings. The number of hydrogen-bond donors (Lipinski definition) is 1. The van der Waals surface area contributed by atoms with Crippen LogP contribution < -0.4 is 10.1 Å². The van der Waals surface area contributed by atoms with E-state index in [-0.39, 0.29) is 17.8 Å². The Morgan fingerprint density at radius 3 is 2.57 bits per heavy atom. The highest BCUT2D eigenvalue weighted by Crippen LogP contribution is 2.24. The maximum atomic E-state index is 13.1. The van der Waals surface area contributed by atoms with Crippen molar-refractivity contribution in [2.24, 2.45) is 0 Å². The molecule has 0 bridgehead atoms. The molecule has 4 rings (SSSR count). The quantitative estimate of drug-likeness (QED) is 0.516. The Kier molecular flexibility index (Phi) is 5.43. The van der Waals surface area contributed by atoms with Gasteiger partial charge in [0.25, 0.3) is 5.91 Å². The third kappa shape index (κ3) is 3.87. The van der Waals surface area contributed by atoms with E-state index in [4.69, 9.17) is 4.74 Å². The Morgan fingerprint density at radius 1 is 1.13 bits per heavy atom. The van der Waals surface area contributed by atoms with Crippen LogP contribution in [0.2, 0.25) is 0 Å². The van der Waals surface area contributed by atoms with Crippen LogP contribution in [-0.2, 0) is 0 Å². The molecule has 152 valence electrons. The number of hydrogen-bond acceptors (Lipinski definition) is 4. The van der Waals surface area contributed by atoms with Gasteiger partial charge < -0.3 is 10.1 Å². The summed E-state index contributed by atoms with van der Waals surface area (Å²) in [6.07, 6.45) is 3.16. The maximum Gasteiger partial charge on any atom is 0.257 e. The number of nitrogens with zero attached hydrogens (tertiary/aromatic N) is 3. The van der Waals surface area contributed by atoms with Gasteiger partial charge in [-0.15, -0.1) is 0 Å². The van der Waals surface area contributed by atoms with Gasteiger partial charge in [-0.05, 0) is 61.9 Å². The molecule has 0 radical (unpaired) electrons. The molecule has 2 heterocycles. The molecular formula is C23H21FN4O2. The molecule has 6 nitrogen and oxygen atoms in total. The van der Waals surface area contributed by atoms with Crippen LogP contribution in [-0.4, -0.2) is 27.1 Å². The zero-order valence-corrected chi connectivity index (χ0v) is 16.7. The smallest absolute Gasteiger partial charge is 0.257 e. The van der Waals surface area contributed by atoms with Crippen molar-refractivity contribution in [1.82, 2.24) is 19.9 Å². The number of fused-ring (bicyclic) bond motifs is 1. The van der Waals surface area contributed by atoms with Crippen molar-refractivity contribution < 1.29 is 13.9 Å². The van der Waals surface area contributed by atoms with Crippen molar-refractivity contribution in [2.75, 3.05) is 6.61 Å². The molecule has 1 atom stereocenters. The zero-order valence-electron chi connectivity index (χ0n) is 16.7. The molecule has 30 heavy (non-hydrogen) atoms. The second kappa shape index (κ2) is 8.32. The molecular weight excluding hydrogens is 383 g/mol. The fourth-order valence-corrected chi connectivity index (χ4v) is 3.27. The van der Waals surface area contributed by atoms with Crippen molar-refractivity contribution in [1.29, 1.82) is 0 Å². The van der Waals surface area contributed by atoms with Crippen LogP contribution in [0, 0.1) is 5.82 Å². The van der Waals surface area contributed by atoms with Crippen LogP contribution in [0.15, 0.2) is 67.0 Å². The molecule has 0 aliphatic rings. The lowest BCUT2D eigenvalue weighted by molar-refractivity contribution is 0.0941. The predicted octanol–water partition coefficient (Wildman–Crippen LogP) is 4.43. The van der Waals surface area contributed by atoms with E-state index in [1.807, 2.05) is 44.2 Å². The number of carbonyl (C=O) groups excluding carboxylic acids is 1. The number of amides is 1. The van der Waals surface area contributed by atoms with Crippen molar-refractivity contribution in [2.45, 2.75) is 19.9 Å². The number of benzene rings is 2. The predicted molar refractivity (Wildman–Crippen MR) is 112 cm³/mol. The standard InChI is InChI=1S/C23H21FN4O2/c1-3-30-19-10-6-17(7-11-19)21-12-13-25-22-20(14-26-28(21)22)23(29)27-15(2)16-4-8-18(24)9-5-16/h4-15H,3H2,1-2H3,(H,27,29)/t15-/m0/s1. The number of carbonyl (C=O) groups is 1. The number of rotatable bonds is 6. The van der Waals surface area contributed by atoms with Gasteiger partial charge in [0, 0.05) is 11.8 Å². The molecule has 1 amide bonds. The van der Waals surface area contributed by atoms with Crippen LogP contribution in [0.1, 0.15) is 35.8 Å². The van der Waals surface area contributed by atoms with Gasteiger partial charge >= 0.3 is 0 Å². The molecule has 0 fully saturated rings. The van der Waals surface area contributed by atoms with Crippen molar-refractivity contribution >= 4 is 11.6 Å². The first-order chi connectivity index (χ1) is 14.6. The number of nitrogens with one attached hydrogen (secondary N) is 1. The highest BCUT2D eigenvalue weighted by molar-refractivity contribution is 6.00. The summed E-state index contributed by atoms with van der Waals surface area (Å²) in [5, 5.41) is 7.30. The first-order valence-corrected chi connectivity index (χ1v) is 9.69. The topological polar surface area (TPSA) is 68.5 Å². The Hall–Kier alpha value is -3.74. The van der Waals surface area contributed by atoms with E-state index in [1.165, 1.54) is 18.3 Å². The van der Waals surface area contributed by atoms with E-state index in [2.05, 4.69) is 15.4 Å². The summed E-state index contributed by atoms with van der Waals surface area (Å²) in [5.41, 5.74) is 3.39. The Morgan fingerprint density at radius 2 is 1.87 bits per heavy atom. The first kappa shape index (κ1) is 19.6. The Balaban J connectivity index is 1.61. The average molecular weight is 404 g/mol. The molecule has 0 aliphatic carbocycles. The molecule has 0 spiro atoms. The monoisotopic (exact) mass is 404 g/mol. The molecule has 1 N–H and O–H groups in total. The SMILES string of the molecule is CCOc1ccc(-c2ccnc3c(C(=O)N[C@@H](C)c4ccc(F)cc4)cnn23)cc1. The third-order valence-corrected chi connectivity index (χ3v) is 4.82. The van der Waals surface area contributed by atoms with Gasteiger partial charge in [0.1, 0.15) is 17.1 Å². The maximum absolute atomic E-state index is 13.1. The van der Waals surface area contributed by atoms with Crippen LogP contribution in [0.3, 0.4) is 0 Å². The average Bonchev–Trinajstić information content (AvgIpc) is 3.19. The van der Waals surface area contributed by atoms with E-state index in [0.717, 1.165) is 22.6 Å². The lowest BCUT2D eigenvalue weighted by Gasteiger charge is -2.13. The normalized spacial score (nSPS) is 12.0. The van der Waals surface area contributed by atoms with E-state index < -0.39 is 0 Å². The Bertz CT molecular complexity index is 1170. The van der Waals surface area contributed by atoms with Gasteiger partial charge in [-0.25, -0.2) is 13.9 Å². The number of ether oxygens (including phenoxy) is 1. The second-order valence-electron chi connectivity index (χ2n) is 6.83. The summed E-state index contributed by atoms with van der Waals surface area (Å²) >= 11 is 0. The molecule has 0 saturated carbocycles. The molecule has 0 saturated heterocycles. The summed E-state index contributed by atoms with van der Waals surface area (Å²) in [6.45, 7) is 4.38. The van der Waals surface area contributed by atoms with E-state index in [0.29, 0.717) is 17.8 Å². The van der Waals surface area contributed by atoms with E-state index >= 15 is 0 Å². The molecule has 0 unspecified atom stereocenters. The van der Waals surface area contributed by atoms with Gasteiger partial charge in [0.15, 0.2) is 5.65 Å². The zero-order chi connectivity index (χ0) is 21.1. The summed E-state index contributed by atoms with van der Waals surface area (Å²) < 4.78 is 20.3. The van der Waals surface area contributed by atoms with Gasteiger partial charge in [-0.3, -0.25) is 4.79 Å². The summed E-state index contributed by atoms with van der Waals surface area (Å²) in [5.74, 6) is 0.186. The van der Waals surface area contributed by atoms with Gasteiger partial charge in [-0.1, -0.05) is 12.1 Å². The molecule has 0 aliphatic heterocycles. The molecule has 2 aromatic carbocycles. The minimum atomic E-state index is -0.314. The molecule has 2 aromatic heterocycles. The number of halogens is 1. The fraction of sp³-hybridized carbons (Fsp3) is 0.174. The number of aromatic nitrogens is 3. The second-order valence-corrected chi connectivity index (χ2v) is 6.83. The van der Waals surface area contributed by atoms with E-state index in [1.54, 1.807) is 22.8 Å². The van der Waals surface area contributed by atoms with Gasteiger partial charge in [-0.2, -0.15) is 5.10 Å². The third-order valence-electron chi connectivity index (χ3n) is 4.82. The van der Waals surface area contributed by atoms with Crippen LogP contribution in [0.25, 0.3) is 16.9 Å². The Labute approximate surface area is 173 Å². The van der Waals surface area contributed by atoms with E-state index in [9.17, 15) is 9.18 Å². The van der Waals surface area contributed by atoms with Gasteiger partial charge in [0.05, 0.1) is 24.5 Å². The fourth-order valence-electron chi connectivity index (χ4n) is 3.27. The summed E-state index contributed by atoms with van der Waals surface area (Å²) in [4.78, 5) is 17.2. The minimum absolute atomic E-state index is 0.289. The lowest BCUT2D eigenvalue weighted by atomic mass is 10.1. The van der Waals surface area contributed by atoms with Crippen molar-refractivity contribution in [3.63, 3.8) is 0 Å². The van der Waals surface area contributed by atoms with Crippen molar-refractivity contribution in [3.8, 4) is 17.0 Å². The summed E-state index contributed by atoms with van der Waals surface area (Å²) in [6, 6.07) is 15.3. The van der Waals surface area contributed by atoms with Crippen LogP contribution in [0.4, 0.5) is 4.39 Å². The van der Waals surface area contributed by atoms with Crippen LogP contribution in [0.5, 0.6) is 5.75 Å². The first-order valence-electron chi connectivity index (χ1n) is 9.69. The highest BCUT2D eigenvalue weighted by Gasteiger charge is 2.18. The van der Waals surface area contributed by atoms with Crippen molar-refractivity contribution in [3.05, 3.63) is 83.9 Å². The lowest BCUT2D eigenvalue weighted by Crippen LogP contribution is -2.26. The largest absolute Gasteiger partial charge is 0.494 e. The van der Waals surface area contributed by atoms with Gasteiger partial charge in [0.2, 0.25) is 0 Å². The minimum Gasteiger partial charge on any atom is -0.494 e. The summed E-state index contributed by atoms with van der Waals surface area (Å²) in [7, 11) is 0.